The van der Waals surface area contributed by atoms with Crippen LogP contribution in [0.4, 0.5) is 11.6 Å². The molecule has 1 aromatic heterocycles. The number of amides is 2. The zero-order valence-corrected chi connectivity index (χ0v) is 13.7. The van der Waals surface area contributed by atoms with Crippen LogP contribution < -0.4 is 16.4 Å². The van der Waals surface area contributed by atoms with Crippen molar-refractivity contribution in [1.29, 1.82) is 0 Å². The molecule has 0 spiro atoms. The second kappa shape index (κ2) is 7.63. The smallest absolute Gasteiger partial charge is 0.243 e. The molecule has 0 fully saturated rings. The van der Waals surface area contributed by atoms with E-state index in [4.69, 9.17) is 5.73 Å². The van der Waals surface area contributed by atoms with E-state index in [1.165, 1.54) is 0 Å². The highest BCUT2D eigenvalue weighted by Crippen LogP contribution is 2.17. The van der Waals surface area contributed by atoms with Crippen LogP contribution in [0.3, 0.4) is 0 Å². The predicted octanol–water partition coefficient (Wildman–Crippen LogP) is 0.851. The summed E-state index contributed by atoms with van der Waals surface area (Å²) < 4.78 is 0. The lowest BCUT2D eigenvalue weighted by Gasteiger charge is -2.10. The Hall–Kier alpha value is -2.55. The average molecular weight is 334 g/mol. The lowest BCUT2D eigenvalue weighted by molar-refractivity contribution is -0.122. The molecule has 8 nitrogen and oxygen atoms in total. The van der Waals surface area contributed by atoms with Crippen LogP contribution in [0.2, 0.25) is 0 Å². The van der Waals surface area contributed by atoms with Crippen molar-refractivity contribution in [2.45, 2.75) is 19.0 Å². The van der Waals surface area contributed by atoms with Gasteiger partial charge in [0.15, 0.2) is 0 Å². The van der Waals surface area contributed by atoms with Gasteiger partial charge in [-0.05, 0) is 31.0 Å². The number of carbonyl (C=O) groups is 2. The van der Waals surface area contributed by atoms with Gasteiger partial charge >= 0.3 is 0 Å². The van der Waals surface area contributed by atoms with E-state index in [1.807, 2.05) is 32.0 Å². The number of nitrogen functional groups attached to an aromatic ring is 1. The molecule has 0 aliphatic heterocycles. The van der Waals surface area contributed by atoms with Crippen molar-refractivity contribution in [3.8, 4) is 0 Å². The summed E-state index contributed by atoms with van der Waals surface area (Å²) in [6.07, 6.45) is 0. The monoisotopic (exact) mass is 334 g/mol. The lowest BCUT2D eigenvalue weighted by Crippen LogP contribution is -2.34. The highest BCUT2D eigenvalue weighted by Gasteiger charge is 2.10. The van der Waals surface area contributed by atoms with Crippen LogP contribution in [0.1, 0.15) is 11.1 Å². The Bertz CT molecular complexity index is 715. The second-order valence-electron chi connectivity index (χ2n) is 4.86. The number of H-pyrrole nitrogens is 1. The molecule has 2 aromatic rings. The normalized spacial score (nSPS) is 10.3. The fourth-order valence-electron chi connectivity index (χ4n) is 1.76. The van der Waals surface area contributed by atoms with Crippen LogP contribution >= 0.6 is 11.8 Å². The number of aromatic amines is 1. The van der Waals surface area contributed by atoms with Gasteiger partial charge in [-0.3, -0.25) is 9.59 Å². The minimum absolute atomic E-state index is 0.0943. The largest absolute Gasteiger partial charge is 0.368 e. The number of benzene rings is 1. The molecule has 0 unspecified atom stereocenters. The fraction of sp³-hybridized carbons (Fsp3) is 0.286. The molecule has 0 saturated heterocycles. The number of rotatable bonds is 6. The molecule has 0 radical (unpaired) electrons. The Kier molecular flexibility index (Phi) is 5.58. The van der Waals surface area contributed by atoms with Crippen molar-refractivity contribution in [1.82, 2.24) is 20.5 Å². The Morgan fingerprint density at radius 2 is 2.09 bits per heavy atom. The molecule has 9 heteroatoms. The lowest BCUT2D eigenvalue weighted by atomic mass is 10.1. The molecule has 5 N–H and O–H groups in total. The summed E-state index contributed by atoms with van der Waals surface area (Å²) in [7, 11) is 0. The molecule has 0 aliphatic carbocycles. The van der Waals surface area contributed by atoms with E-state index in [0.29, 0.717) is 5.16 Å². The average Bonchev–Trinajstić information content (AvgIpc) is 2.93. The summed E-state index contributed by atoms with van der Waals surface area (Å²) in [5.41, 5.74) is 8.22. The van der Waals surface area contributed by atoms with Crippen molar-refractivity contribution in [2.75, 3.05) is 23.3 Å². The van der Waals surface area contributed by atoms with Crippen LogP contribution in [-0.4, -0.2) is 39.3 Å². The molecule has 0 bridgehead atoms. The van der Waals surface area contributed by atoms with Crippen LogP contribution in [0.15, 0.2) is 23.4 Å². The highest BCUT2D eigenvalue weighted by atomic mass is 32.2. The zero-order valence-electron chi connectivity index (χ0n) is 12.8. The van der Waals surface area contributed by atoms with Gasteiger partial charge in [-0.25, -0.2) is 5.10 Å². The Morgan fingerprint density at radius 3 is 2.78 bits per heavy atom. The Labute approximate surface area is 137 Å². The van der Waals surface area contributed by atoms with E-state index < -0.39 is 0 Å². The summed E-state index contributed by atoms with van der Waals surface area (Å²) in [5.74, 6) is -0.261. The quantitative estimate of drug-likeness (QED) is 0.580. The van der Waals surface area contributed by atoms with Crippen molar-refractivity contribution in [3.63, 3.8) is 0 Å². The minimum Gasteiger partial charge on any atom is -0.368 e. The van der Waals surface area contributed by atoms with Crippen LogP contribution in [0.25, 0.3) is 0 Å². The van der Waals surface area contributed by atoms with Crippen molar-refractivity contribution in [2.24, 2.45) is 0 Å². The van der Waals surface area contributed by atoms with Gasteiger partial charge in [0.05, 0.1) is 12.3 Å². The van der Waals surface area contributed by atoms with Crippen molar-refractivity contribution < 1.29 is 9.59 Å². The molecule has 0 aliphatic rings. The maximum atomic E-state index is 11.9. The van der Waals surface area contributed by atoms with Crippen molar-refractivity contribution in [3.05, 3.63) is 29.3 Å². The third kappa shape index (κ3) is 4.99. The van der Waals surface area contributed by atoms with Gasteiger partial charge in [0, 0.05) is 5.69 Å². The summed E-state index contributed by atoms with van der Waals surface area (Å²) in [4.78, 5) is 27.4. The number of nitrogens with two attached hydrogens (primary N) is 1. The maximum absolute atomic E-state index is 11.9. The fourth-order valence-corrected chi connectivity index (χ4v) is 2.40. The molecular weight excluding hydrogens is 316 g/mol. The van der Waals surface area contributed by atoms with Gasteiger partial charge in [0.1, 0.15) is 0 Å². The number of hydrogen-bond acceptors (Lipinski definition) is 6. The third-order valence-electron chi connectivity index (χ3n) is 3.14. The van der Waals surface area contributed by atoms with Crippen molar-refractivity contribution >= 4 is 35.2 Å². The number of aromatic nitrogens is 3. The zero-order chi connectivity index (χ0) is 16.8. The third-order valence-corrected chi connectivity index (χ3v) is 3.99. The first-order valence-corrected chi connectivity index (χ1v) is 7.87. The topological polar surface area (TPSA) is 126 Å². The molecule has 2 rings (SSSR count). The van der Waals surface area contributed by atoms with Gasteiger partial charge in [-0.2, -0.15) is 4.98 Å². The SMILES string of the molecule is Cc1cccc(NC(=O)CNC(=O)CSc2n[nH]c(N)n2)c1C. The number of thioether (sulfide) groups is 1. The first-order chi connectivity index (χ1) is 11.0. The maximum Gasteiger partial charge on any atom is 0.243 e. The number of nitrogens with zero attached hydrogens (tertiary/aromatic N) is 2. The van der Waals surface area contributed by atoms with Gasteiger partial charge < -0.3 is 16.4 Å². The summed E-state index contributed by atoms with van der Waals surface area (Å²) >= 11 is 1.13. The molecule has 0 saturated carbocycles. The molecular formula is C14H18N6O2S. The number of nitrogens with one attached hydrogen (secondary N) is 3. The highest BCUT2D eigenvalue weighted by molar-refractivity contribution is 7.99. The Balaban J connectivity index is 1.75. The minimum atomic E-state index is -0.283. The summed E-state index contributed by atoms with van der Waals surface area (Å²) in [6, 6.07) is 5.67. The molecule has 1 heterocycles. The van der Waals surface area contributed by atoms with E-state index in [0.717, 1.165) is 28.6 Å². The van der Waals surface area contributed by atoms with Gasteiger partial charge in [0.2, 0.25) is 22.9 Å². The second-order valence-corrected chi connectivity index (χ2v) is 5.81. The summed E-state index contributed by atoms with van der Waals surface area (Å²) in [6.45, 7) is 3.81. The number of anilines is 2. The number of aryl methyl sites for hydroxylation is 1. The molecule has 1 aromatic carbocycles. The number of carbonyl (C=O) groups excluding carboxylic acids is 2. The van der Waals surface area contributed by atoms with Gasteiger partial charge in [-0.15, -0.1) is 5.10 Å². The van der Waals surface area contributed by atoms with E-state index in [1.54, 1.807) is 0 Å². The van der Waals surface area contributed by atoms with Gasteiger partial charge in [0.25, 0.3) is 0 Å². The predicted molar refractivity (Wildman–Crippen MR) is 89.1 cm³/mol. The molecule has 122 valence electrons. The summed E-state index contributed by atoms with van der Waals surface area (Å²) in [5, 5.41) is 12.0. The standard InChI is InChI=1S/C14H18N6O2S/c1-8-4-3-5-10(9(8)2)17-11(21)6-16-12(22)7-23-14-18-13(15)19-20-14/h3-5H,6-7H2,1-2H3,(H,16,22)(H,17,21)(H3,15,18,19,20). The van der Waals surface area contributed by atoms with E-state index in [2.05, 4.69) is 25.8 Å². The molecule has 2 amide bonds. The van der Waals surface area contributed by atoms with Gasteiger partial charge in [-0.1, -0.05) is 23.9 Å². The molecule has 0 atom stereocenters. The van der Waals surface area contributed by atoms with E-state index in [9.17, 15) is 9.59 Å². The van der Waals surface area contributed by atoms with Crippen LogP contribution in [0.5, 0.6) is 0 Å². The van der Waals surface area contributed by atoms with E-state index in [-0.39, 0.29) is 30.1 Å². The van der Waals surface area contributed by atoms with Crippen LogP contribution in [0, 0.1) is 13.8 Å². The Morgan fingerprint density at radius 1 is 1.30 bits per heavy atom. The first-order valence-electron chi connectivity index (χ1n) is 6.89. The number of hydrogen-bond donors (Lipinski definition) is 4. The first kappa shape index (κ1) is 16.8. The molecule has 23 heavy (non-hydrogen) atoms. The van der Waals surface area contributed by atoms with E-state index >= 15 is 0 Å². The van der Waals surface area contributed by atoms with Crippen LogP contribution in [-0.2, 0) is 9.59 Å².